The number of β-amino-alcohol motifs (C(OH)–C–C–N with tert-alkyl or cyclic N) is 1. The number of ether oxygens (including phenoxy) is 1. The van der Waals surface area contributed by atoms with Gasteiger partial charge in [-0.2, -0.15) is 0 Å². The van der Waals surface area contributed by atoms with Crippen molar-refractivity contribution in [2.75, 3.05) is 13.1 Å². The number of nitrogens with one attached hydrogen (secondary N) is 2. The highest BCUT2D eigenvalue weighted by Gasteiger charge is 2.31. The van der Waals surface area contributed by atoms with E-state index in [0.717, 1.165) is 5.56 Å². The predicted octanol–water partition coefficient (Wildman–Crippen LogP) is 0.967. The van der Waals surface area contributed by atoms with Crippen molar-refractivity contribution in [1.82, 2.24) is 10.6 Å². The van der Waals surface area contributed by atoms with Gasteiger partial charge in [0.1, 0.15) is 5.75 Å². The summed E-state index contributed by atoms with van der Waals surface area (Å²) >= 11 is 0. The first kappa shape index (κ1) is 16.6. The van der Waals surface area contributed by atoms with Crippen molar-refractivity contribution in [3.63, 3.8) is 0 Å². The summed E-state index contributed by atoms with van der Waals surface area (Å²) in [6.07, 6.45) is -4.33. The van der Waals surface area contributed by atoms with Crippen LogP contribution in [0.25, 0.3) is 0 Å². The summed E-state index contributed by atoms with van der Waals surface area (Å²) in [6, 6.07) is 5.12. The van der Waals surface area contributed by atoms with E-state index < -0.39 is 18.5 Å². The maximum Gasteiger partial charge on any atom is 0.573 e. The Morgan fingerprint density at radius 2 is 2.05 bits per heavy atom. The van der Waals surface area contributed by atoms with E-state index in [0.29, 0.717) is 25.9 Å². The first-order valence-electron chi connectivity index (χ1n) is 6.87. The number of benzene rings is 1. The SMILES string of the molecule is O=C(NCCc1ccc(OC(F)(F)F)cc1)[C@@H]1C[C@@H](O)CN1. The molecule has 1 aromatic rings. The van der Waals surface area contributed by atoms with Crippen LogP contribution >= 0.6 is 0 Å². The van der Waals surface area contributed by atoms with E-state index in [4.69, 9.17) is 0 Å². The van der Waals surface area contributed by atoms with Crippen LogP contribution in [-0.2, 0) is 11.2 Å². The smallest absolute Gasteiger partial charge is 0.406 e. The standard InChI is InChI=1S/C14H17F3N2O3/c15-14(16,17)22-11-3-1-9(2-4-11)5-6-18-13(21)12-7-10(20)8-19-12/h1-4,10,12,19-20H,5-8H2,(H,18,21)/t10-,12+/m1/s1. The van der Waals surface area contributed by atoms with Crippen molar-refractivity contribution in [2.24, 2.45) is 0 Å². The van der Waals surface area contributed by atoms with Crippen LogP contribution in [-0.4, -0.2) is 42.6 Å². The topological polar surface area (TPSA) is 70.6 Å². The van der Waals surface area contributed by atoms with Crippen molar-refractivity contribution in [3.05, 3.63) is 29.8 Å². The van der Waals surface area contributed by atoms with Gasteiger partial charge in [0.25, 0.3) is 0 Å². The number of halogens is 3. The maximum absolute atomic E-state index is 12.0. The molecule has 1 aliphatic heterocycles. The van der Waals surface area contributed by atoms with Gasteiger partial charge in [0.05, 0.1) is 12.1 Å². The minimum atomic E-state index is -4.70. The van der Waals surface area contributed by atoms with Crippen LogP contribution in [0.3, 0.4) is 0 Å². The normalized spacial score (nSPS) is 21.6. The predicted molar refractivity (Wildman–Crippen MR) is 72.3 cm³/mol. The number of aliphatic hydroxyl groups excluding tert-OH is 1. The number of carbonyl (C=O) groups excluding carboxylic acids is 1. The summed E-state index contributed by atoms with van der Waals surface area (Å²) in [5, 5.41) is 14.9. The fraction of sp³-hybridized carbons (Fsp3) is 0.500. The molecule has 1 amide bonds. The van der Waals surface area contributed by atoms with E-state index in [2.05, 4.69) is 15.4 Å². The third-order valence-corrected chi connectivity index (χ3v) is 3.29. The van der Waals surface area contributed by atoms with E-state index in [9.17, 15) is 23.1 Å². The first-order chi connectivity index (χ1) is 10.3. The number of carbonyl (C=O) groups is 1. The van der Waals surface area contributed by atoms with Gasteiger partial charge in [-0.15, -0.1) is 13.2 Å². The number of hydrogen-bond donors (Lipinski definition) is 3. The van der Waals surface area contributed by atoms with Crippen LogP contribution in [0.15, 0.2) is 24.3 Å². The van der Waals surface area contributed by atoms with Gasteiger partial charge >= 0.3 is 6.36 Å². The van der Waals surface area contributed by atoms with Gasteiger partial charge in [-0.05, 0) is 30.5 Å². The molecule has 0 aromatic heterocycles. The molecular weight excluding hydrogens is 301 g/mol. The van der Waals surface area contributed by atoms with Crippen molar-refractivity contribution < 1.29 is 27.8 Å². The molecule has 1 saturated heterocycles. The Labute approximate surface area is 125 Å². The number of hydrogen-bond acceptors (Lipinski definition) is 4. The quantitative estimate of drug-likeness (QED) is 0.756. The lowest BCUT2D eigenvalue weighted by atomic mass is 10.1. The van der Waals surface area contributed by atoms with Gasteiger partial charge in [0.2, 0.25) is 5.91 Å². The Hall–Kier alpha value is -1.80. The fourth-order valence-electron chi connectivity index (χ4n) is 2.23. The molecule has 1 aromatic carbocycles. The maximum atomic E-state index is 12.0. The molecule has 0 unspecified atom stereocenters. The van der Waals surface area contributed by atoms with E-state index >= 15 is 0 Å². The van der Waals surface area contributed by atoms with Gasteiger partial charge in [0, 0.05) is 13.1 Å². The van der Waals surface area contributed by atoms with Crippen LogP contribution in [0.5, 0.6) is 5.75 Å². The largest absolute Gasteiger partial charge is 0.573 e. The minimum Gasteiger partial charge on any atom is -0.406 e. The zero-order valence-corrected chi connectivity index (χ0v) is 11.7. The van der Waals surface area contributed by atoms with Crippen molar-refractivity contribution >= 4 is 5.91 Å². The molecule has 122 valence electrons. The zero-order chi connectivity index (χ0) is 16.2. The summed E-state index contributed by atoms with van der Waals surface area (Å²) in [4.78, 5) is 11.8. The van der Waals surface area contributed by atoms with Gasteiger partial charge < -0.3 is 20.5 Å². The van der Waals surface area contributed by atoms with E-state index in [1.807, 2.05) is 0 Å². The molecule has 0 saturated carbocycles. The third kappa shape index (κ3) is 5.19. The Kier molecular flexibility index (Phi) is 5.25. The zero-order valence-electron chi connectivity index (χ0n) is 11.7. The molecule has 3 N–H and O–H groups in total. The van der Waals surface area contributed by atoms with Crippen LogP contribution < -0.4 is 15.4 Å². The molecule has 0 aliphatic carbocycles. The van der Waals surface area contributed by atoms with Crippen molar-refractivity contribution in [3.8, 4) is 5.75 Å². The lowest BCUT2D eigenvalue weighted by molar-refractivity contribution is -0.274. The van der Waals surface area contributed by atoms with Crippen LogP contribution in [0.2, 0.25) is 0 Å². The van der Waals surface area contributed by atoms with Crippen LogP contribution in [0.4, 0.5) is 13.2 Å². The highest BCUT2D eigenvalue weighted by molar-refractivity contribution is 5.82. The Morgan fingerprint density at radius 3 is 2.59 bits per heavy atom. The second kappa shape index (κ2) is 6.97. The van der Waals surface area contributed by atoms with Gasteiger partial charge in [-0.3, -0.25) is 4.79 Å². The lowest BCUT2D eigenvalue weighted by Crippen LogP contribution is -2.41. The minimum absolute atomic E-state index is 0.187. The second-order valence-electron chi connectivity index (χ2n) is 5.08. The Bertz CT molecular complexity index is 505. The van der Waals surface area contributed by atoms with Crippen LogP contribution in [0, 0.1) is 0 Å². The molecule has 1 heterocycles. The van der Waals surface area contributed by atoms with Gasteiger partial charge in [-0.25, -0.2) is 0 Å². The molecule has 8 heteroatoms. The molecule has 2 rings (SSSR count). The summed E-state index contributed by atoms with van der Waals surface area (Å²) < 4.78 is 39.8. The molecule has 1 aliphatic rings. The average molecular weight is 318 g/mol. The van der Waals surface area contributed by atoms with E-state index in [1.165, 1.54) is 24.3 Å². The van der Waals surface area contributed by atoms with Gasteiger partial charge in [-0.1, -0.05) is 12.1 Å². The molecule has 0 spiro atoms. The Balaban J connectivity index is 1.74. The van der Waals surface area contributed by atoms with E-state index in [1.54, 1.807) is 0 Å². The molecule has 5 nitrogen and oxygen atoms in total. The number of alkyl halides is 3. The molecule has 1 fully saturated rings. The third-order valence-electron chi connectivity index (χ3n) is 3.29. The first-order valence-corrected chi connectivity index (χ1v) is 6.87. The van der Waals surface area contributed by atoms with Crippen LogP contribution in [0.1, 0.15) is 12.0 Å². The van der Waals surface area contributed by atoms with Crippen molar-refractivity contribution in [2.45, 2.75) is 31.3 Å². The number of rotatable bonds is 5. The molecule has 2 atom stereocenters. The summed E-state index contributed by atoms with van der Waals surface area (Å²) in [5.74, 6) is -0.460. The van der Waals surface area contributed by atoms with E-state index in [-0.39, 0.29) is 11.7 Å². The monoisotopic (exact) mass is 318 g/mol. The van der Waals surface area contributed by atoms with Crippen molar-refractivity contribution in [1.29, 1.82) is 0 Å². The molecular formula is C14H17F3N2O3. The highest BCUT2D eigenvalue weighted by atomic mass is 19.4. The highest BCUT2D eigenvalue weighted by Crippen LogP contribution is 2.22. The average Bonchev–Trinajstić information content (AvgIpc) is 2.86. The second-order valence-corrected chi connectivity index (χ2v) is 5.08. The summed E-state index contributed by atoms with van der Waals surface area (Å²) in [7, 11) is 0. The number of aliphatic hydroxyl groups is 1. The fourth-order valence-corrected chi connectivity index (χ4v) is 2.23. The summed E-state index contributed by atoms with van der Waals surface area (Å²) in [5.41, 5.74) is 0.786. The molecule has 0 radical (unpaired) electrons. The Morgan fingerprint density at radius 1 is 1.36 bits per heavy atom. The lowest BCUT2D eigenvalue weighted by Gasteiger charge is -2.11. The molecule has 22 heavy (non-hydrogen) atoms. The molecule has 0 bridgehead atoms. The summed E-state index contributed by atoms with van der Waals surface area (Å²) in [6.45, 7) is 0.769. The number of amides is 1. The van der Waals surface area contributed by atoms with Gasteiger partial charge in [0.15, 0.2) is 0 Å².